The number of carbonyl (C=O) groups excluding carboxylic acids is 1. The maximum Gasteiger partial charge on any atom is 0.248 e. The summed E-state index contributed by atoms with van der Waals surface area (Å²) in [7, 11) is 0. The van der Waals surface area contributed by atoms with E-state index in [1.807, 2.05) is 9.58 Å². The predicted molar refractivity (Wildman–Crippen MR) is 74.7 cm³/mol. The normalized spacial score (nSPS) is 26.2. The van der Waals surface area contributed by atoms with Crippen molar-refractivity contribution in [3.8, 4) is 0 Å². The SMILES string of the molecule is O=C(COC[C@@H]1CCCO1)N1CCC[C@@H](n2cncn2)C1. The van der Waals surface area contributed by atoms with Crippen molar-refractivity contribution in [3.05, 3.63) is 12.7 Å². The first-order valence-corrected chi connectivity index (χ1v) is 7.64. The van der Waals surface area contributed by atoms with Gasteiger partial charge in [-0.2, -0.15) is 5.10 Å². The predicted octanol–water partition coefficient (Wildman–Crippen LogP) is 0.637. The molecule has 2 aliphatic rings. The quantitative estimate of drug-likeness (QED) is 0.797. The third-order valence-electron chi connectivity index (χ3n) is 4.11. The van der Waals surface area contributed by atoms with Gasteiger partial charge < -0.3 is 14.4 Å². The summed E-state index contributed by atoms with van der Waals surface area (Å²) < 4.78 is 12.8. The first kappa shape index (κ1) is 14.5. The van der Waals surface area contributed by atoms with Crippen LogP contribution in [0.15, 0.2) is 12.7 Å². The molecule has 1 aromatic heterocycles. The zero-order valence-corrected chi connectivity index (χ0v) is 12.2. The Hall–Kier alpha value is -1.47. The van der Waals surface area contributed by atoms with Gasteiger partial charge in [-0.25, -0.2) is 9.67 Å². The Morgan fingerprint density at radius 2 is 2.33 bits per heavy atom. The number of hydrogen-bond donors (Lipinski definition) is 0. The minimum absolute atomic E-state index is 0.0535. The molecule has 1 amide bonds. The van der Waals surface area contributed by atoms with Crippen LogP contribution in [0.5, 0.6) is 0 Å². The van der Waals surface area contributed by atoms with Gasteiger partial charge in [0.05, 0.1) is 18.8 Å². The smallest absolute Gasteiger partial charge is 0.248 e. The number of likely N-dealkylation sites (tertiary alicyclic amines) is 1. The summed E-state index contributed by atoms with van der Waals surface area (Å²) in [5, 5.41) is 4.17. The maximum atomic E-state index is 12.2. The Morgan fingerprint density at radius 1 is 1.38 bits per heavy atom. The Balaban J connectivity index is 1.43. The van der Waals surface area contributed by atoms with Crippen LogP contribution in [-0.2, 0) is 14.3 Å². The molecule has 0 unspecified atom stereocenters. The Morgan fingerprint density at radius 3 is 3.10 bits per heavy atom. The largest absolute Gasteiger partial charge is 0.376 e. The zero-order chi connectivity index (χ0) is 14.5. The molecule has 21 heavy (non-hydrogen) atoms. The molecule has 0 saturated carbocycles. The van der Waals surface area contributed by atoms with E-state index in [0.29, 0.717) is 13.2 Å². The molecule has 0 radical (unpaired) electrons. The molecule has 2 atom stereocenters. The fraction of sp³-hybridized carbons (Fsp3) is 0.786. The van der Waals surface area contributed by atoms with Crippen LogP contribution in [0, 0.1) is 0 Å². The first-order valence-electron chi connectivity index (χ1n) is 7.64. The number of piperidine rings is 1. The van der Waals surface area contributed by atoms with E-state index < -0.39 is 0 Å². The molecule has 3 heterocycles. The number of nitrogens with zero attached hydrogens (tertiary/aromatic N) is 4. The lowest BCUT2D eigenvalue weighted by Crippen LogP contribution is -2.42. The van der Waals surface area contributed by atoms with Crippen LogP contribution in [0.2, 0.25) is 0 Å². The van der Waals surface area contributed by atoms with Gasteiger partial charge in [0.15, 0.2) is 0 Å². The fourth-order valence-electron chi connectivity index (χ4n) is 2.95. The van der Waals surface area contributed by atoms with Crippen LogP contribution in [0.25, 0.3) is 0 Å². The van der Waals surface area contributed by atoms with Crippen LogP contribution in [-0.4, -0.2) is 64.6 Å². The first-order chi connectivity index (χ1) is 10.3. The van der Waals surface area contributed by atoms with Crippen LogP contribution >= 0.6 is 0 Å². The Bertz CT molecular complexity index is 445. The van der Waals surface area contributed by atoms with Crippen molar-refractivity contribution in [1.29, 1.82) is 0 Å². The van der Waals surface area contributed by atoms with E-state index in [9.17, 15) is 4.79 Å². The average Bonchev–Trinajstić information content (AvgIpc) is 3.21. The van der Waals surface area contributed by atoms with Gasteiger partial charge in [0.1, 0.15) is 19.3 Å². The lowest BCUT2D eigenvalue weighted by molar-refractivity contribution is -0.139. The van der Waals surface area contributed by atoms with E-state index in [-0.39, 0.29) is 24.7 Å². The summed E-state index contributed by atoms with van der Waals surface area (Å²) in [6.07, 6.45) is 7.56. The van der Waals surface area contributed by atoms with E-state index in [1.165, 1.54) is 6.33 Å². The summed E-state index contributed by atoms with van der Waals surface area (Å²) in [6, 6.07) is 0.225. The molecule has 0 spiro atoms. The molecule has 0 bridgehead atoms. The molecular formula is C14H22N4O3. The summed E-state index contributed by atoms with van der Waals surface area (Å²) >= 11 is 0. The van der Waals surface area contributed by atoms with Gasteiger partial charge in [0.25, 0.3) is 0 Å². The van der Waals surface area contributed by atoms with E-state index in [1.54, 1.807) is 6.33 Å². The number of ether oxygens (including phenoxy) is 2. The molecule has 2 fully saturated rings. The minimum Gasteiger partial charge on any atom is -0.376 e. The number of hydrogen-bond acceptors (Lipinski definition) is 5. The van der Waals surface area contributed by atoms with Gasteiger partial charge in [0, 0.05) is 19.7 Å². The second-order valence-electron chi connectivity index (χ2n) is 5.66. The third kappa shape index (κ3) is 3.79. The molecule has 2 aliphatic heterocycles. The van der Waals surface area contributed by atoms with Crippen molar-refractivity contribution in [1.82, 2.24) is 19.7 Å². The molecule has 2 saturated heterocycles. The summed E-state index contributed by atoms with van der Waals surface area (Å²) in [5.41, 5.74) is 0. The Labute approximate surface area is 124 Å². The van der Waals surface area contributed by atoms with E-state index in [2.05, 4.69) is 10.1 Å². The fourth-order valence-corrected chi connectivity index (χ4v) is 2.95. The van der Waals surface area contributed by atoms with Crippen LogP contribution in [0.1, 0.15) is 31.7 Å². The topological polar surface area (TPSA) is 69.5 Å². The lowest BCUT2D eigenvalue weighted by atomic mass is 10.1. The molecule has 0 N–H and O–H groups in total. The second kappa shape index (κ2) is 7.00. The van der Waals surface area contributed by atoms with Crippen molar-refractivity contribution in [2.24, 2.45) is 0 Å². The molecule has 7 nitrogen and oxygen atoms in total. The van der Waals surface area contributed by atoms with Crippen molar-refractivity contribution < 1.29 is 14.3 Å². The van der Waals surface area contributed by atoms with Crippen LogP contribution < -0.4 is 0 Å². The lowest BCUT2D eigenvalue weighted by Gasteiger charge is -2.32. The number of carbonyl (C=O) groups is 1. The highest BCUT2D eigenvalue weighted by atomic mass is 16.5. The van der Waals surface area contributed by atoms with Crippen LogP contribution in [0.4, 0.5) is 0 Å². The van der Waals surface area contributed by atoms with Gasteiger partial charge in [0.2, 0.25) is 5.91 Å². The summed E-state index contributed by atoms with van der Waals surface area (Å²) in [4.78, 5) is 18.0. The maximum absolute atomic E-state index is 12.2. The molecule has 0 aromatic carbocycles. The van der Waals surface area contributed by atoms with E-state index >= 15 is 0 Å². The number of aromatic nitrogens is 3. The van der Waals surface area contributed by atoms with Crippen molar-refractivity contribution >= 4 is 5.91 Å². The molecular weight excluding hydrogens is 272 g/mol. The third-order valence-corrected chi connectivity index (χ3v) is 4.11. The van der Waals surface area contributed by atoms with Gasteiger partial charge in [-0.3, -0.25) is 4.79 Å². The van der Waals surface area contributed by atoms with E-state index in [0.717, 1.165) is 38.8 Å². The highest BCUT2D eigenvalue weighted by Gasteiger charge is 2.25. The summed E-state index contributed by atoms with van der Waals surface area (Å²) in [6.45, 7) is 2.96. The van der Waals surface area contributed by atoms with Crippen LogP contribution in [0.3, 0.4) is 0 Å². The van der Waals surface area contributed by atoms with Crippen molar-refractivity contribution in [2.45, 2.75) is 37.8 Å². The molecule has 0 aliphatic carbocycles. The highest BCUT2D eigenvalue weighted by molar-refractivity contribution is 5.77. The molecule has 1 aromatic rings. The Kier molecular flexibility index (Phi) is 4.82. The van der Waals surface area contributed by atoms with Gasteiger partial charge >= 0.3 is 0 Å². The van der Waals surface area contributed by atoms with E-state index in [4.69, 9.17) is 9.47 Å². The van der Waals surface area contributed by atoms with Crippen molar-refractivity contribution in [2.75, 3.05) is 32.9 Å². The molecule has 3 rings (SSSR count). The molecule has 7 heteroatoms. The monoisotopic (exact) mass is 294 g/mol. The zero-order valence-electron chi connectivity index (χ0n) is 12.2. The molecule has 116 valence electrons. The van der Waals surface area contributed by atoms with Gasteiger partial charge in [-0.05, 0) is 25.7 Å². The highest BCUT2D eigenvalue weighted by Crippen LogP contribution is 2.20. The van der Waals surface area contributed by atoms with Crippen molar-refractivity contribution in [3.63, 3.8) is 0 Å². The minimum atomic E-state index is 0.0535. The number of amides is 1. The van der Waals surface area contributed by atoms with Gasteiger partial charge in [-0.15, -0.1) is 0 Å². The second-order valence-corrected chi connectivity index (χ2v) is 5.66. The standard InChI is InChI=1S/C14H22N4O3/c19-14(9-20-8-13-4-2-6-21-13)17-5-1-3-12(7-17)18-11-15-10-16-18/h10-13H,1-9H2/t12-,13+/m1/s1. The van der Waals surface area contributed by atoms with Gasteiger partial charge in [-0.1, -0.05) is 0 Å². The average molecular weight is 294 g/mol. The summed E-state index contributed by atoms with van der Waals surface area (Å²) in [5.74, 6) is 0.0535. The number of rotatable bonds is 5.